The fraction of sp³-hybridized carbons (Fsp3) is 0.538. The van der Waals surface area contributed by atoms with Crippen LogP contribution in [0.1, 0.15) is 41.0 Å². The second kappa shape index (κ2) is 11.0. The normalized spacial score (nSPS) is 20.7. The second-order valence-corrected chi connectivity index (χ2v) is 10.5. The molecule has 4 atom stereocenters. The van der Waals surface area contributed by atoms with E-state index in [2.05, 4.69) is 10.6 Å². The molecular formula is C26H34F2N4O5. The Labute approximate surface area is 215 Å². The lowest BCUT2D eigenvalue weighted by molar-refractivity contribution is -0.143. The maximum Gasteiger partial charge on any atom is 0.293 e. The zero-order valence-corrected chi connectivity index (χ0v) is 21.9. The van der Waals surface area contributed by atoms with Crippen molar-refractivity contribution in [2.75, 3.05) is 20.2 Å². The van der Waals surface area contributed by atoms with Crippen LogP contribution in [0.25, 0.3) is 0 Å². The molecule has 37 heavy (non-hydrogen) atoms. The Morgan fingerprint density at radius 3 is 2.41 bits per heavy atom. The molecule has 0 aliphatic carbocycles. The van der Waals surface area contributed by atoms with Gasteiger partial charge >= 0.3 is 0 Å². The van der Waals surface area contributed by atoms with Crippen LogP contribution in [0.2, 0.25) is 0 Å². The van der Waals surface area contributed by atoms with Gasteiger partial charge in [0.25, 0.3) is 5.91 Å². The van der Waals surface area contributed by atoms with Crippen molar-refractivity contribution in [2.24, 2.45) is 5.41 Å². The molecule has 202 valence electrons. The van der Waals surface area contributed by atoms with Crippen LogP contribution in [-0.2, 0) is 19.2 Å². The number of carbonyl (C=O) groups excluding carboxylic acids is 4. The van der Waals surface area contributed by atoms with E-state index in [1.54, 1.807) is 18.9 Å². The lowest BCUT2D eigenvalue weighted by atomic mass is 9.85. The molecule has 1 saturated heterocycles. The molecular weight excluding hydrogens is 486 g/mol. The van der Waals surface area contributed by atoms with Crippen molar-refractivity contribution in [1.29, 1.82) is 0 Å². The minimum absolute atomic E-state index is 0.0736. The average Bonchev–Trinajstić information content (AvgIpc) is 3.41. The van der Waals surface area contributed by atoms with Crippen LogP contribution in [0, 0.1) is 17.0 Å². The first-order valence-corrected chi connectivity index (χ1v) is 12.2. The van der Waals surface area contributed by atoms with Crippen molar-refractivity contribution >= 4 is 23.5 Å². The Morgan fingerprint density at radius 2 is 1.84 bits per heavy atom. The van der Waals surface area contributed by atoms with Gasteiger partial charge in [-0.2, -0.15) is 0 Å². The number of Topliss-reactive ketones (excluding diaryl/α,β-unsaturated/α-hetero) is 1. The number of ether oxygens (including phenoxy) is 1. The van der Waals surface area contributed by atoms with E-state index in [4.69, 9.17) is 4.74 Å². The number of likely N-dealkylation sites (N-methyl/N-ethyl adjacent to an activating group) is 1. The van der Waals surface area contributed by atoms with Gasteiger partial charge in [-0.3, -0.25) is 19.2 Å². The van der Waals surface area contributed by atoms with Gasteiger partial charge in [-0.25, -0.2) is 8.78 Å². The number of rotatable bonds is 8. The highest BCUT2D eigenvalue weighted by Gasteiger charge is 2.50. The van der Waals surface area contributed by atoms with Gasteiger partial charge in [0.2, 0.25) is 17.6 Å². The number of halogens is 2. The molecule has 9 nitrogen and oxygen atoms in total. The molecule has 0 aromatic heterocycles. The summed E-state index contributed by atoms with van der Waals surface area (Å²) in [4.78, 5) is 53.9. The molecule has 0 bridgehead atoms. The summed E-state index contributed by atoms with van der Waals surface area (Å²) in [5.41, 5.74) is -0.101. The quantitative estimate of drug-likeness (QED) is 0.506. The van der Waals surface area contributed by atoms with E-state index in [1.165, 1.54) is 24.1 Å². The SMILES string of the molecule is CNC(C)C(=O)NC(C(=O)N1CCC2C1C(COc1ccc(F)c(F)c1)=CN2C(=O)C(C)=O)C(C)(C)C. The molecule has 3 amide bonds. The number of benzene rings is 1. The molecule has 0 radical (unpaired) electrons. The summed E-state index contributed by atoms with van der Waals surface area (Å²) in [6, 6.07) is 0.652. The monoisotopic (exact) mass is 520 g/mol. The Morgan fingerprint density at radius 1 is 1.16 bits per heavy atom. The van der Waals surface area contributed by atoms with E-state index >= 15 is 0 Å². The number of hydrogen-bond acceptors (Lipinski definition) is 6. The van der Waals surface area contributed by atoms with E-state index in [0.717, 1.165) is 12.1 Å². The summed E-state index contributed by atoms with van der Waals surface area (Å²) in [7, 11) is 1.65. The van der Waals surface area contributed by atoms with E-state index in [1.807, 2.05) is 20.8 Å². The Hall–Kier alpha value is -3.34. The summed E-state index contributed by atoms with van der Waals surface area (Å²) in [5, 5.41) is 5.70. The van der Waals surface area contributed by atoms with Gasteiger partial charge in [0.1, 0.15) is 18.4 Å². The number of nitrogens with zero attached hydrogens (tertiary/aromatic N) is 2. The third kappa shape index (κ3) is 5.98. The summed E-state index contributed by atoms with van der Waals surface area (Å²) >= 11 is 0. The Kier molecular flexibility index (Phi) is 8.36. The zero-order valence-electron chi connectivity index (χ0n) is 21.9. The number of amides is 3. The molecule has 0 saturated carbocycles. The van der Waals surface area contributed by atoms with E-state index in [-0.39, 0.29) is 24.2 Å². The smallest absolute Gasteiger partial charge is 0.293 e. The second-order valence-electron chi connectivity index (χ2n) is 10.5. The third-order valence-electron chi connectivity index (χ3n) is 6.75. The first-order valence-electron chi connectivity index (χ1n) is 12.2. The van der Waals surface area contributed by atoms with Crippen LogP contribution in [-0.4, -0.2) is 77.7 Å². The van der Waals surface area contributed by atoms with Gasteiger partial charge in [-0.15, -0.1) is 0 Å². The molecule has 1 fully saturated rings. The molecule has 2 heterocycles. The molecule has 3 rings (SSSR count). The maximum atomic E-state index is 13.9. The van der Waals surface area contributed by atoms with Gasteiger partial charge in [0.05, 0.1) is 18.1 Å². The maximum absolute atomic E-state index is 13.9. The molecule has 2 N–H and O–H groups in total. The van der Waals surface area contributed by atoms with Crippen LogP contribution in [0.4, 0.5) is 8.78 Å². The molecule has 11 heteroatoms. The van der Waals surface area contributed by atoms with Gasteiger partial charge < -0.3 is 25.2 Å². The van der Waals surface area contributed by atoms with E-state index in [9.17, 15) is 28.0 Å². The first kappa shape index (κ1) is 28.2. The Bertz CT molecular complexity index is 1120. The van der Waals surface area contributed by atoms with Gasteiger partial charge in [0, 0.05) is 31.3 Å². The number of likely N-dealkylation sites (tertiary alicyclic amines) is 1. The van der Waals surface area contributed by atoms with Crippen molar-refractivity contribution in [3.05, 3.63) is 41.6 Å². The summed E-state index contributed by atoms with van der Waals surface area (Å²) in [6.07, 6.45) is 1.91. The van der Waals surface area contributed by atoms with Gasteiger partial charge in [-0.05, 0) is 37.9 Å². The molecule has 4 unspecified atom stereocenters. The predicted molar refractivity (Wildman–Crippen MR) is 131 cm³/mol. The fourth-order valence-corrected chi connectivity index (χ4v) is 4.57. The fourth-order valence-electron chi connectivity index (χ4n) is 4.57. The topological polar surface area (TPSA) is 108 Å². The number of ketones is 1. The highest BCUT2D eigenvalue weighted by Crippen LogP contribution is 2.37. The van der Waals surface area contributed by atoms with Crippen LogP contribution in [0.15, 0.2) is 30.0 Å². The molecule has 1 aromatic carbocycles. The van der Waals surface area contributed by atoms with Crippen molar-refractivity contribution in [3.63, 3.8) is 0 Å². The lowest BCUT2D eigenvalue weighted by Crippen LogP contribution is -2.59. The minimum atomic E-state index is -1.07. The molecule has 2 aliphatic rings. The predicted octanol–water partition coefficient (Wildman–Crippen LogP) is 1.77. The minimum Gasteiger partial charge on any atom is -0.489 e. The van der Waals surface area contributed by atoms with E-state index < -0.39 is 52.9 Å². The van der Waals surface area contributed by atoms with Crippen LogP contribution in [0.5, 0.6) is 5.75 Å². The number of carbonyl (C=O) groups is 4. The number of fused-ring (bicyclic) bond motifs is 1. The first-order chi connectivity index (χ1) is 17.3. The lowest BCUT2D eigenvalue weighted by Gasteiger charge is -2.36. The number of nitrogens with one attached hydrogen (secondary N) is 2. The zero-order chi connectivity index (χ0) is 27.7. The highest BCUT2D eigenvalue weighted by atomic mass is 19.2. The summed E-state index contributed by atoms with van der Waals surface area (Å²) < 4.78 is 32.6. The Balaban J connectivity index is 1.90. The summed E-state index contributed by atoms with van der Waals surface area (Å²) in [6.45, 7) is 8.56. The van der Waals surface area contributed by atoms with E-state index in [0.29, 0.717) is 18.5 Å². The van der Waals surface area contributed by atoms with Crippen molar-refractivity contribution in [1.82, 2.24) is 20.4 Å². The largest absolute Gasteiger partial charge is 0.489 e. The van der Waals surface area contributed by atoms with Crippen LogP contribution >= 0.6 is 0 Å². The molecule has 1 aromatic rings. The van der Waals surface area contributed by atoms with Crippen LogP contribution < -0.4 is 15.4 Å². The molecule has 0 spiro atoms. The third-order valence-corrected chi connectivity index (χ3v) is 6.75. The highest BCUT2D eigenvalue weighted by molar-refractivity contribution is 6.35. The van der Waals surface area contributed by atoms with Crippen molar-refractivity contribution in [3.8, 4) is 5.75 Å². The van der Waals surface area contributed by atoms with Crippen LogP contribution in [0.3, 0.4) is 0 Å². The summed E-state index contributed by atoms with van der Waals surface area (Å²) in [5.74, 6) is -4.03. The van der Waals surface area contributed by atoms with Crippen molar-refractivity contribution in [2.45, 2.75) is 65.2 Å². The standard InChI is InChI=1S/C26H34F2N4O5/c1-14(29-6)23(34)30-22(26(3,4)5)25(36)31-10-9-20-21(31)16(12-32(20)24(35)15(2)33)13-37-17-7-8-18(27)19(28)11-17/h7-8,11-12,14,20-22,29H,9-10,13H2,1-6H3,(H,30,34). The number of hydrogen-bond donors (Lipinski definition) is 2. The average molecular weight is 521 g/mol. The van der Waals surface area contributed by atoms with Gasteiger partial charge in [-0.1, -0.05) is 20.8 Å². The van der Waals surface area contributed by atoms with Crippen molar-refractivity contribution < 1.29 is 32.7 Å². The molecule has 2 aliphatic heterocycles. The van der Waals surface area contributed by atoms with Gasteiger partial charge in [0.15, 0.2) is 11.6 Å².